The summed E-state index contributed by atoms with van der Waals surface area (Å²) in [6, 6.07) is 7.72. The van der Waals surface area contributed by atoms with Gasteiger partial charge >= 0.3 is 0 Å². The van der Waals surface area contributed by atoms with Crippen molar-refractivity contribution in [2.24, 2.45) is 0 Å². The maximum atomic E-state index is 13.6. The molecule has 0 aliphatic heterocycles. The van der Waals surface area contributed by atoms with Gasteiger partial charge in [-0.15, -0.1) is 0 Å². The summed E-state index contributed by atoms with van der Waals surface area (Å²) in [7, 11) is 2.98. The van der Waals surface area contributed by atoms with Crippen LogP contribution < -0.4 is 19.5 Å². The monoisotopic (exact) mass is 337 g/mol. The van der Waals surface area contributed by atoms with E-state index in [-0.39, 0.29) is 5.69 Å². The maximum absolute atomic E-state index is 13.6. The number of hydrogen-bond acceptors (Lipinski definition) is 4. The minimum absolute atomic E-state index is 0.125. The zero-order valence-corrected chi connectivity index (χ0v) is 13.4. The predicted molar refractivity (Wildman–Crippen MR) is 84.6 cm³/mol. The zero-order chi connectivity index (χ0) is 17.7. The van der Waals surface area contributed by atoms with Gasteiger partial charge in [0.15, 0.2) is 6.10 Å². The molecule has 2 rings (SSSR count). The van der Waals surface area contributed by atoms with E-state index in [0.717, 1.165) is 12.1 Å². The molecule has 0 unspecified atom stereocenters. The molecule has 7 heteroatoms. The molecule has 0 aliphatic rings. The summed E-state index contributed by atoms with van der Waals surface area (Å²) in [4.78, 5) is 12.1. The highest BCUT2D eigenvalue weighted by atomic mass is 19.1. The van der Waals surface area contributed by atoms with Crippen molar-refractivity contribution in [1.82, 2.24) is 0 Å². The first kappa shape index (κ1) is 17.5. The molecule has 0 bridgehead atoms. The summed E-state index contributed by atoms with van der Waals surface area (Å²) in [6.45, 7) is 1.50. The van der Waals surface area contributed by atoms with Gasteiger partial charge < -0.3 is 19.5 Å². The third kappa shape index (κ3) is 4.34. The van der Waals surface area contributed by atoms with Crippen LogP contribution in [0.4, 0.5) is 14.5 Å². The van der Waals surface area contributed by atoms with Gasteiger partial charge in [-0.25, -0.2) is 8.78 Å². The van der Waals surface area contributed by atoms with Gasteiger partial charge in [-0.1, -0.05) is 0 Å². The fourth-order valence-corrected chi connectivity index (χ4v) is 1.93. The summed E-state index contributed by atoms with van der Waals surface area (Å²) < 4.78 is 42.2. The minimum atomic E-state index is -0.925. The number of halogens is 2. The molecule has 0 spiro atoms. The van der Waals surface area contributed by atoms with Crippen molar-refractivity contribution in [3.8, 4) is 17.2 Å². The molecule has 2 aromatic rings. The zero-order valence-electron chi connectivity index (χ0n) is 13.4. The summed E-state index contributed by atoms with van der Waals surface area (Å²) in [5.41, 5.74) is -0.125. The van der Waals surface area contributed by atoms with Crippen LogP contribution >= 0.6 is 0 Å². The predicted octanol–water partition coefficient (Wildman–Crippen LogP) is 3.39. The SMILES string of the molecule is COc1cc(OC)cc(O[C@H](C)C(=O)Nc2ccc(F)cc2F)c1. The number of benzene rings is 2. The lowest BCUT2D eigenvalue weighted by molar-refractivity contribution is -0.122. The second kappa shape index (κ2) is 7.63. The highest BCUT2D eigenvalue weighted by Gasteiger charge is 2.17. The first-order valence-electron chi connectivity index (χ1n) is 7.08. The second-order valence-corrected chi connectivity index (χ2v) is 4.92. The largest absolute Gasteiger partial charge is 0.496 e. The Morgan fingerprint density at radius 3 is 2.12 bits per heavy atom. The van der Waals surface area contributed by atoms with Crippen molar-refractivity contribution in [1.29, 1.82) is 0 Å². The van der Waals surface area contributed by atoms with Crippen LogP contribution in [0.3, 0.4) is 0 Å². The quantitative estimate of drug-likeness (QED) is 0.878. The Morgan fingerprint density at radius 1 is 1.00 bits per heavy atom. The van der Waals surface area contributed by atoms with Crippen molar-refractivity contribution < 1.29 is 27.8 Å². The van der Waals surface area contributed by atoms with E-state index in [2.05, 4.69) is 5.32 Å². The van der Waals surface area contributed by atoms with Crippen molar-refractivity contribution in [3.63, 3.8) is 0 Å². The minimum Gasteiger partial charge on any atom is -0.496 e. The number of ether oxygens (including phenoxy) is 3. The van der Waals surface area contributed by atoms with E-state index in [0.29, 0.717) is 23.3 Å². The molecular formula is C17H17F2NO4. The first-order chi connectivity index (χ1) is 11.4. The Bertz CT molecular complexity index is 714. The molecule has 0 fully saturated rings. The van der Waals surface area contributed by atoms with E-state index in [1.54, 1.807) is 18.2 Å². The normalized spacial score (nSPS) is 11.5. The molecule has 0 aromatic heterocycles. The molecule has 0 saturated heterocycles. The van der Waals surface area contributed by atoms with Crippen LogP contribution in [0.2, 0.25) is 0 Å². The summed E-state index contributed by atoms with van der Waals surface area (Å²) in [5, 5.41) is 2.35. The van der Waals surface area contributed by atoms with Crippen molar-refractivity contribution >= 4 is 11.6 Å². The molecule has 128 valence electrons. The number of carbonyl (C=O) groups excluding carboxylic acids is 1. The van der Waals surface area contributed by atoms with Crippen LogP contribution in [0, 0.1) is 11.6 Å². The summed E-state index contributed by atoms with van der Waals surface area (Å²) >= 11 is 0. The average molecular weight is 337 g/mol. The van der Waals surface area contributed by atoms with E-state index in [4.69, 9.17) is 14.2 Å². The van der Waals surface area contributed by atoms with Crippen LogP contribution in [0.1, 0.15) is 6.92 Å². The van der Waals surface area contributed by atoms with Crippen molar-refractivity contribution in [3.05, 3.63) is 48.0 Å². The number of nitrogens with one attached hydrogen (secondary N) is 1. The number of methoxy groups -OCH3 is 2. The maximum Gasteiger partial charge on any atom is 0.265 e. The topological polar surface area (TPSA) is 56.8 Å². The van der Waals surface area contributed by atoms with Gasteiger partial charge in [0.2, 0.25) is 0 Å². The second-order valence-electron chi connectivity index (χ2n) is 4.92. The number of carbonyl (C=O) groups is 1. The van der Waals surface area contributed by atoms with E-state index in [1.165, 1.54) is 21.1 Å². The lowest BCUT2D eigenvalue weighted by Crippen LogP contribution is -2.30. The fraction of sp³-hybridized carbons (Fsp3) is 0.235. The van der Waals surface area contributed by atoms with Gasteiger partial charge in [0.05, 0.1) is 19.9 Å². The van der Waals surface area contributed by atoms with Gasteiger partial charge in [-0.2, -0.15) is 0 Å². The lowest BCUT2D eigenvalue weighted by Gasteiger charge is -2.16. The molecule has 5 nitrogen and oxygen atoms in total. The molecule has 0 heterocycles. The molecule has 0 radical (unpaired) electrons. The van der Waals surface area contributed by atoms with Crippen molar-refractivity contribution in [2.45, 2.75) is 13.0 Å². The van der Waals surface area contributed by atoms with Crippen molar-refractivity contribution in [2.75, 3.05) is 19.5 Å². The van der Waals surface area contributed by atoms with Crippen LogP contribution in [0.25, 0.3) is 0 Å². The number of rotatable bonds is 6. The Labute approximate surface area is 138 Å². The van der Waals surface area contributed by atoms with Crippen LogP contribution in [0.5, 0.6) is 17.2 Å². The highest BCUT2D eigenvalue weighted by molar-refractivity contribution is 5.94. The van der Waals surface area contributed by atoms with E-state index < -0.39 is 23.6 Å². The number of anilines is 1. The molecule has 1 amide bonds. The number of amides is 1. The molecule has 0 aliphatic carbocycles. The third-order valence-electron chi connectivity index (χ3n) is 3.20. The van der Waals surface area contributed by atoms with E-state index in [1.807, 2.05) is 0 Å². The third-order valence-corrected chi connectivity index (χ3v) is 3.20. The van der Waals surface area contributed by atoms with Gasteiger partial charge in [0, 0.05) is 24.3 Å². The van der Waals surface area contributed by atoms with Crippen LogP contribution in [0.15, 0.2) is 36.4 Å². The van der Waals surface area contributed by atoms with Gasteiger partial charge in [-0.3, -0.25) is 4.79 Å². The average Bonchev–Trinajstić information content (AvgIpc) is 2.56. The summed E-state index contributed by atoms with van der Waals surface area (Å²) in [6.07, 6.45) is -0.925. The standard InChI is InChI=1S/C17H17F2NO4/c1-10(17(21)20-16-5-4-11(18)6-15(16)19)24-14-8-12(22-2)7-13(9-14)23-3/h4-10H,1-3H3,(H,20,21)/t10-/m1/s1. The molecule has 24 heavy (non-hydrogen) atoms. The first-order valence-corrected chi connectivity index (χ1v) is 7.08. The van der Waals surface area contributed by atoms with E-state index >= 15 is 0 Å². The molecule has 0 saturated carbocycles. The van der Waals surface area contributed by atoms with Gasteiger partial charge in [-0.05, 0) is 19.1 Å². The Morgan fingerprint density at radius 2 is 1.58 bits per heavy atom. The number of hydrogen-bond donors (Lipinski definition) is 1. The Hall–Kier alpha value is -2.83. The van der Waals surface area contributed by atoms with Gasteiger partial charge in [0.25, 0.3) is 5.91 Å². The summed E-state index contributed by atoms with van der Waals surface area (Å²) in [5.74, 6) is -0.810. The molecular weight excluding hydrogens is 320 g/mol. The van der Waals surface area contributed by atoms with Crippen LogP contribution in [-0.2, 0) is 4.79 Å². The Balaban J connectivity index is 2.08. The lowest BCUT2D eigenvalue weighted by atomic mass is 10.2. The highest BCUT2D eigenvalue weighted by Crippen LogP contribution is 2.28. The Kier molecular flexibility index (Phi) is 5.57. The fourth-order valence-electron chi connectivity index (χ4n) is 1.93. The van der Waals surface area contributed by atoms with Crippen LogP contribution in [-0.4, -0.2) is 26.2 Å². The molecule has 1 N–H and O–H groups in total. The smallest absolute Gasteiger partial charge is 0.265 e. The van der Waals surface area contributed by atoms with E-state index in [9.17, 15) is 13.6 Å². The molecule has 2 aromatic carbocycles. The molecule has 1 atom stereocenters. The van der Waals surface area contributed by atoms with Gasteiger partial charge in [0.1, 0.15) is 28.9 Å².